The van der Waals surface area contributed by atoms with Crippen molar-refractivity contribution in [3.8, 4) is 0 Å². The van der Waals surface area contributed by atoms with Crippen LogP contribution in [0.5, 0.6) is 0 Å². The van der Waals surface area contributed by atoms with Gasteiger partial charge in [-0.15, -0.1) is 0 Å². The van der Waals surface area contributed by atoms with Gasteiger partial charge in [-0.05, 0) is 35.4 Å². The lowest BCUT2D eigenvalue weighted by molar-refractivity contribution is 0.136. The summed E-state index contributed by atoms with van der Waals surface area (Å²) in [6, 6.07) is 10.5. The Morgan fingerprint density at radius 1 is 1.00 bits per heavy atom. The molecule has 0 saturated carbocycles. The number of halogens is 3. The van der Waals surface area contributed by atoms with Crippen LogP contribution in [-0.2, 0) is 4.74 Å². The number of hydrogen-bond acceptors (Lipinski definition) is 1. The summed E-state index contributed by atoms with van der Waals surface area (Å²) in [7, 11) is 1.56. The Balaban J connectivity index is 2.41. The van der Waals surface area contributed by atoms with Crippen molar-refractivity contribution in [2.75, 3.05) is 7.11 Å². The van der Waals surface area contributed by atoms with Gasteiger partial charge >= 0.3 is 0 Å². The fraction of sp³-hybridized carbons (Fsp3) is 0.143. The molecule has 2 aromatic carbocycles. The van der Waals surface area contributed by atoms with Crippen LogP contribution < -0.4 is 0 Å². The fourth-order valence-corrected chi connectivity index (χ4v) is 2.35. The normalized spacial score (nSPS) is 12.4. The van der Waals surface area contributed by atoms with Crippen LogP contribution in [0.4, 0.5) is 8.78 Å². The smallest absolute Gasteiger partial charge is 0.124 e. The van der Waals surface area contributed by atoms with Gasteiger partial charge in [0.05, 0.1) is 0 Å². The van der Waals surface area contributed by atoms with E-state index < -0.39 is 0 Å². The summed E-state index contributed by atoms with van der Waals surface area (Å²) in [6.07, 6.45) is -0.361. The average molecular weight is 313 g/mol. The molecule has 0 aliphatic rings. The van der Waals surface area contributed by atoms with E-state index in [0.717, 1.165) is 11.1 Å². The first-order chi connectivity index (χ1) is 8.61. The number of rotatable bonds is 3. The molecule has 1 nitrogen and oxygen atoms in total. The van der Waals surface area contributed by atoms with Crippen molar-refractivity contribution in [3.63, 3.8) is 0 Å². The fourth-order valence-electron chi connectivity index (χ4n) is 1.79. The first-order valence-electron chi connectivity index (χ1n) is 5.35. The zero-order chi connectivity index (χ0) is 13.1. The molecule has 2 rings (SSSR count). The maximum Gasteiger partial charge on any atom is 0.124 e. The molecule has 0 aromatic heterocycles. The van der Waals surface area contributed by atoms with E-state index in [0.29, 0.717) is 4.47 Å². The molecule has 2 aromatic rings. The second-order valence-corrected chi connectivity index (χ2v) is 4.69. The molecule has 0 spiro atoms. The molecule has 0 amide bonds. The molecule has 0 aliphatic carbocycles. The highest BCUT2D eigenvalue weighted by atomic mass is 79.9. The van der Waals surface area contributed by atoms with Gasteiger partial charge in [0.25, 0.3) is 0 Å². The molecule has 0 radical (unpaired) electrons. The topological polar surface area (TPSA) is 9.23 Å². The van der Waals surface area contributed by atoms with E-state index >= 15 is 0 Å². The highest BCUT2D eigenvalue weighted by Crippen LogP contribution is 2.31. The zero-order valence-corrected chi connectivity index (χ0v) is 11.2. The summed E-state index contributed by atoms with van der Waals surface area (Å²) >= 11 is 3.31. The molecule has 0 heterocycles. The highest BCUT2D eigenvalue weighted by molar-refractivity contribution is 9.10. The van der Waals surface area contributed by atoms with Gasteiger partial charge in [-0.1, -0.05) is 34.1 Å². The SMILES string of the molecule is COC(c1ccc(F)cc1)c1ccc(F)cc1Br. The predicted molar refractivity (Wildman–Crippen MR) is 69.4 cm³/mol. The molecule has 0 aliphatic heterocycles. The molecule has 94 valence electrons. The quantitative estimate of drug-likeness (QED) is 0.813. The predicted octanol–water partition coefficient (Wildman–Crippen LogP) is 4.46. The molecule has 18 heavy (non-hydrogen) atoms. The summed E-state index contributed by atoms with van der Waals surface area (Å²) < 4.78 is 32.0. The van der Waals surface area contributed by atoms with Crippen LogP contribution >= 0.6 is 15.9 Å². The van der Waals surface area contributed by atoms with Crippen molar-refractivity contribution in [1.82, 2.24) is 0 Å². The Kier molecular flexibility index (Phi) is 4.09. The number of ether oxygens (including phenoxy) is 1. The third kappa shape index (κ3) is 2.76. The van der Waals surface area contributed by atoms with Gasteiger partial charge in [-0.2, -0.15) is 0 Å². The standard InChI is InChI=1S/C14H11BrF2O/c1-18-14(9-2-4-10(16)5-3-9)12-7-6-11(17)8-13(12)15/h2-8,14H,1H3. The van der Waals surface area contributed by atoms with Crippen LogP contribution in [0.25, 0.3) is 0 Å². The van der Waals surface area contributed by atoms with Crippen molar-refractivity contribution in [3.05, 3.63) is 69.7 Å². The summed E-state index contributed by atoms with van der Waals surface area (Å²) in [6.45, 7) is 0. The van der Waals surface area contributed by atoms with Gasteiger partial charge in [0.2, 0.25) is 0 Å². The third-order valence-electron chi connectivity index (χ3n) is 2.65. The van der Waals surface area contributed by atoms with Crippen molar-refractivity contribution in [2.24, 2.45) is 0 Å². The van der Waals surface area contributed by atoms with Crippen molar-refractivity contribution in [1.29, 1.82) is 0 Å². The minimum atomic E-state index is -0.361. The molecule has 4 heteroatoms. The largest absolute Gasteiger partial charge is 0.372 e. The lowest BCUT2D eigenvalue weighted by atomic mass is 10.0. The van der Waals surface area contributed by atoms with Crippen LogP contribution in [0.3, 0.4) is 0 Å². The van der Waals surface area contributed by atoms with E-state index in [1.54, 1.807) is 25.3 Å². The monoisotopic (exact) mass is 312 g/mol. The van der Waals surface area contributed by atoms with Gasteiger partial charge in [0.1, 0.15) is 17.7 Å². The van der Waals surface area contributed by atoms with Crippen molar-refractivity contribution in [2.45, 2.75) is 6.10 Å². The third-order valence-corrected chi connectivity index (χ3v) is 3.34. The summed E-state index contributed by atoms with van der Waals surface area (Å²) in [4.78, 5) is 0. The average Bonchev–Trinajstić information content (AvgIpc) is 2.35. The Labute approximate surface area is 113 Å². The Morgan fingerprint density at radius 2 is 1.61 bits per heavy atom. The van der Waals surface area contributed by atoms with Crippen LogP contribution in [0.15, 0.2) is 46.9 Å². The maximum absolute atomic E-state index is 13.0. The number of benzene rings is 2. The molecule has 0 saturated heterocycles. The molecular weight excluding hydrogens is 302 g/mol. The maximum atomic E-state index is 13.0. The summed E-state index contributed by atoms with van der Waals surface area (Å²) in [5.74, 6) is -0.619. The molecule has 0 fully saturated rings. The van der Waals surface area contributed by atoms with E-state index in [-0.39, 0.29) is 17.7 Å². The Hall–Kier alpha value is -1.26. The summed E-state index contributed by atoms with van der Waals surface area (Å²) in [5.41, 5.74) is 1.61. The number of methoxy groups -OCH3 is 1. The Morgan fingerprint density at radius 3 is 2.17 bits per heavy atom. The first-order valence-corrected chi connectivity index (χ1v) is 6.14. The van der Waals surface area contributed by atoms with Gasteiger partial charge in [-0.25, -0.2) is 8.78 Å². The minimum Gasteiger partial charge on any atom is -0.372 e. The Bertz CT molecular complexity index is 540. The van der Waals surface area contributed by atoms with E-state index in [1.165, 1.54) is 24.3 Å². The van der Waals surface area contributed by atoms with Crippen molar-refractivity contribution < 1.29 is 13.5 Å². The second-order valence-electron chi connectivity index (χ2n) is 3.83. The van der Waals surface area contributed by atoms with Crippen LogP contribution in [-0.4, -0.2) is 7.11 Å². The van der Waals surface area contributed by atoms with E-state index in [1.807, 2.05) is 0 Å². The number of hydrogen-bond donors (Lipinski definition) is 0. The lowest BCUT2D eigenvalue weighted by Gasteiger charge is -2.17. The summed E-state index contributed by atoms with van der Waals surface area (Å²) in [5, 5.41) is 0. The van der Waals surface area contributed by atoms with Gasteiger partial charge in [0, 0.05) is 11.6 Å². The minimum absolute atomic E-state index is 0.299. The second kappa shape index (κ2) is 5.59. The molecule has 1 unspecified atom stereocenters. The highest BCUT2D eigenvalue weighted by Gasteiger charge is 2.16. The van der Waals surface area contributed by atoms with Gasteiger partial charge in [-0.3, -0.25) is 0 Å². The molecular formula is C14H11BrF2O. The van der Waals surface area contributed by atoms with Crippen LogP contribution in [0.2, 0.25) is 0 Å². The molecule has 1 atom stereocenters. The van der Waals surface area contributed by atoms with Gasteiger partial charge in [0.15, 0.2) is 0 Å². The van der Waals surface area contributed by atoms with E-state index in [2.05, 4.69) is 15.9 Å². The van der Waals surface area contributed by atoms with Crippen molar-refractivity contribution >= 4 is 15.9 Å². The van der Waals surface area contributed by atoms with E-state index in [9.17, 15) is 8.78 Å². The lowest BCUT2D eigenvalue weighted by Crippen LogP contribution is -2.04. The molecule has 0 bridgehead atoms. The first kappa shape index (κ1) is 13.2. The van der Waals surface area contributed by atoms with Crippen LogP contribution in [0, 0.1) is 11.6 Å². The van der Waals surface area contributed by atoms with Crippen LogP contribution in [0.1, 0.15) is 17.2 Å². The van der Waals surface area contributed by atoms with Gasteiger partial charge < -0.3 is 4.74 Å². The van der Waals surface area contributed by atoms with E-state index in [4.69, 9.17) is 4.74 Å². The molecule has 0 N–H and O–H groups in total. The zero-order valence-electron chi connectivity index (χ0n) is 9.66.